The molecule has 1 saturated heterocycles. The number of nitrogens with one attached hydrogen (secondary N) is 1. The molecular weight excluding hydrogens is 256 g/mol. The molecule has 7 heteroatoms. The summed E-state index contributed by atoms with van der Waals surface area (Å²) in [7, 11) is -1.93. The quantitative estimate of drug-likeness (QED) is 0.782. The lowest BCUT2D eigenvalue weighted by Gasteiger charge is -2.22. The Morgan fingerprint density at radius 3 is 3.11 bits per heavy atom. The van der Waals surface area contributed by atoms with Gasteiger partial charge in [-0.05, 0) is 25.0 Å². The fourth-order valence-electron chi connectivity index (χ4n) is 2.15. The molecule has 1 fully saturated rings. The minimum atomic E-state index is -3.46. The van der Waals surface area contributed by atoms with Crippen molar-refractivity contribution in [1.82, 2.24) is 9.03 Å². The molecule has 0 radical (unpaired) electrons. The second kappa shape index (κ2) is 5.83. The average molecular weight is 274 g/mol. The second-order valence-corrected chi connectivity index (χ2v) is 5.88. The van der Waals surface area contributed by atoms with Crippen LogP contribution in [0.2, 0.25) is 0 Å². The first-order valence-corrected chi connectivity index (χ1v) is 7.38. The Kier molecular flexibility index (Phi) is 4.39. The van der Waals surface area contributed by atoms with Crippen LogP contribution in [-0.4, -0.2) is 39.5 Å². The Morgan fingerprint density at radius 2 is 2.44 bits per heavy atom. The summed E-state index contributed by atoms with van der Waals surface area (Å²) in [6.45, 7) is 1.16. The summed E-state index contributed by atoms with van der Waals surface area (Å²) >= 11 is 0. The van der Waals surface area contributed by atoms with Gasteiger partial charge in [-0.3, -0.25) is 0 Å². The van der Waals surface area contributed by atoms with E-state index in [0.29, 0.717) is 18.9 Å². The van der Waals surface area contributed by atoms with Crippen molar-refractivity contribution in [1.29, 1.82) is 0 Å². The highest BCUT2D eigenvalue weighted by Gasteiger charge is 2.36. The minimum absolute atomic E-state index is 0.194. The topological polar surface area (TPSA) is 71.8 Å². The maximum atomic E-state index is 12.1. The van der Waals surface area contributed by atoms with Crippen LogP contribution in [0, 0.1) is 0 Å². The highest BCUT2D eigenvalue weighted by Crippen LogP contribution is 2.33. The molecule has 0 amide bonds. The predicted octanol–water partition coefficient (Wildman–Crippen LogP) is 0.897. The maximum Gasteiger partial charge on any atom is 0.280 e. The van der Waals surface area contributed by atoms with E-state index < -0.39 is 10.2 Å². The van der Waals surface area contributed by atoms with Crippen molar-refractivity contribution < 1.29 is 17.6 Å². The molecule has 0 saturated carbocycles. The molecule has 1 N–H and O–H groups in total. The second-order valence-electron chi connectivity index (χ2n) is 4.18. The van der Waals surface area contributed by atoms with Gasteiger partial charge in [-0.2, -0.15) is 17.4 Å². The molecule has 1 atom stereocenters. The standard InChI is InChI=1S/C11H18N2O4S/c1-16-9-6-12-18(14,15)13-7-2-4-10(13)11-5-3-8-17-11/h3,5,8,10,12H,2,4,6-7,9H2,1H3. The molecule has 18 heavy (non-hydrogen) atoms. The van der Waals surface area contributed by atoms with E-state index >= 15 is 0 Å². The number of ether oxygens (including phenoxy) is 1. The monoisotopic (exact) mass is 274 g/mol. The molecule has 1 aliphatic heterocycles. The first kappa shape index (κ1) is 13.5. The van der Waals surface area contributed by atoms with Gasteiger partial charge in [0.15, 0.2) is 0 Å². The zero-order valence-electron chi connectivity index (χ0n) is 10.3. The number of rotatable bonds is 6. The number of hydrogen-bond acceptors (Lipinski definition) is 4. The van der Waals surface area contributed by atoms with E-state index in [2.05, 4.69) is 4.72 Å². The SMILES string of the molecule is COCCNS(=O)(=O)N1CCCC1c1ccco1. The summed E-state index contributed by atoms with van der Waals surface area (Å²) in [5.41, 5.74) is 0. The molecule has 1 aromatic rings. The lowest BCUT2D eigenvalue weighted by atomic mass is 10.2. The van der Waals surface area contributed by atoms with Gasteiger partial charge in [-0.15, -0.1) is 0 Å². The van der Waals surface area contributed by atoms with Gasteiger partial charge >= 0.3 is 0 Å². The summed E-state index contributed by atoms with van der Waals surface area (Å²) in [5, 5.41) is 0. The molecule has 2 heterocycles. The van der Waals surface area contributed by atoms with Crippen molar-refractivity contribution in [2.24, 2.45) is 0 Å². The van der Waals surface area contributed by atoms with Crippen LogP contribution in [0.1, 0.15) is 24.6 Å². The first-order valence-electron chi connectivity index (χ1n) is 5.94. The Bertz CT molecular complexity index is 457. The summed E-state index contributed by atoms with van der Waals surface area (Å²) in [6, 6.07) is 3.39. The van der Waals surface area contributed by atoms with Gasteiger partial charge in [0.25, 0.3) is 10.2 Å². The molecule has 102 valence electrons. The molecule has 1 unspecified atom stereocenters. The number of hydrogen-bond donors (Lipinski definition) is 1. The molecule has 6 nitrogen and oxygen atoms in total. The highest BCUT2D eigenvalue weighted by molar-refractivity contribution is 7.87. The maximum absolute atomic E-state index is 12.1. The zero-order chi connectivity index (χ0) is 13.0. The number of nitrogens with zero attached hydrogens (tertiary/aromatic N) is 1. The van der Waals surface area contributed by atoms with Crippen LogP contribution in [0.25, 0.3) is 0 Å². The van der Waals surface area contributed by atoms with Crippen molar-refractivity contribution in [3.8, 4) is 0 Å². The van der Waals surface area contributed by atoms with Crippen LogP contribution in [-0.2, 0) is 14.9 Å². The lowest BCUT2D eigenvalue weighted by molar-refractivity contribution is 0.203. The predicted molar refractivity (Wildman–Crippen MR) is 66.2 cm³/mol. The Hall–Kier alpha value is -0.890. The average Bonchev–Trinajstić information content (AvgIpc) is 3.00. The van der Waals surface area contributed by atoms with Crippen molar-refractivity contribution in [3.05, 3.63) is 24.2 Å². The summed E-state index contributed by atoms with van der Waals surface area (Å²) < 4.78 is 38.4. The third kappa shape index (κ3) is 2.92. The van der Waals surface area contributed by atoms with E-state index in [9.17, 15) is 8.42 Å². The molecule has 0 spiro atoms. The van der Waals surface area contributed by atoms with E-state index in [0.717, 1.165) is 12.8 Å². The molecule has 1 aliphatic rings. The van der Waals surface area contributed by atoms with Crippen LogP contribution >= 0.6 is 0 Å². The first-order chi connectivity index (χ1) is 8.65. The Balaban J connectivity index is 2.07. The molecule has 0 bridgehead atoms. The number of methoxy groups -OCH3 is 1. The minimum Gasteiger partial charge on any atom is -0.468 e. The zero-order valence-corrected chi connectivity index (χ0v) is 11.1. The van der Waals surface area contributed by atoms with Crippen LogP contribution in [0.5, 0.6) is 0 Å². The molecular formula is C11H18N2O4S. The molecule has 0 aromatic carbocycles. The lowest BCUT2D eigenvalue weighted by Crippen LogP contribution is -2.41. The van der Waals surface area contributed by atoms with Crippen molar-refractivity contribution >= 4 is 10.2 Å². The van der Waals surface area contributed by atoms with E-state index in [4.69, 9.17) is 9.15 Å². The Morgan fingerprint density at radius 1 is 1.61 bits per heavy atom. The summed E-state index contributed by atoms with van der Waals surface area (Å²) in [6.07, 6.45) is 3.20. The van der Waals surface area contributed by atoms with Crippen molar-refractivity contribution in [3.63, 3.8) is 0 Å². The molecule has 2 rings (SSSR count). The molecule has 0 aliphatic carbocycles. The summed E-state index contributed by atoms with van der Waals surface area (Å²) in [5.74, 6) is 0.699. The normalized spacial score (nSPS) is 21.5. The molecule has 1 aromatic heterocycles. The third-order valence-corrected chi connectivity index (χ3v) is 4.60. The van der Waals surface area contributed by atoms with Gasteiger partial charge in [0.1, 0.15) is 5.76 Å². The third-order valence-electron chi connectivity index (χ3n) is 2.97. The van der Waals surface area contributed by atoms with E-state index in [1.807, 2.05) is 6.07 Å². The van der Waals surface area contributed by atoms with Gasteiger partial charge in [0, 0.05) is 20.2 Å². The fraction of sp³-hybridized carbons (Fsp3) is 0.636. The summed E-state index contributed by atoms with van der Waals surface area (Å²) in [4.78, 5) is 0. The fourth-order valence-corrected chi connectivity index (χ4v) is 3.57. The largest absolute Gasteiger partial charge is 0.468 e. The van der Waals surface area contributed by atoms with Gasteiger partial charge in [0.2, 0.25) is 0 Å². The van der Waals surface area contributed by atoms with Crippen LogP contribution in [0.15, 0.2) is 22.8 Å². The highest BCUT2D eigenvalue weighted by atomic mass is 32.2. The van der Waals surface area contributed by atoms with Crippen molar-refractivity contribution in [2.75, 3.05) is 26.8 Å². The van der Waals surface area contributed by atoms with Crippen LogP contribution in [0.3, 0.4) is 0 Å². The van der Waals surface area contributed by atoms with E-state index in [1.54, 1.807) is 12.3 Å². The van der Waals surface area contributed by atoms with Gasteiger partial charge in [-0.1, -0.05) is 0 Å². The number of furan rings is 1. The van der Waals surface area contributed by atoms with E-state index in [-0.39, 0.29) is 12.6 Å². The van der Waals surface area contributed by atoms with E-state index in [1.165, 1.54) is 11.4 Å². The van der Waals surface area contributed by atoms with Gasteiger partial charge in [-0.25, -0.2) is 0 Å². The van der Waals surface area contributed by atoms with Gasteiger partial charge in [0.05, 0.1) is 18.9 Å². The van der Waals surface area contributed by atoms with Gasteiger partial charge < -0.3 is 9.15 Å². The Labute approximate surface area is 107 Å². The van der Waals surface area contributed by atoms with Crippen molar-refractivity contribution in [2.45, 2.75) is 18.9 Å². The smallest absolute Gasteiger partial charge is 0.280 e. The van der Waals surface area contributed by atoms with Crippen LogP contribution < -0.4 is 4.72 Å². The van der Waals surface area contributed by atoms with Crippen LogP contribution in [0.4, 0.5) is 0 Å².